The fourth-order valence-electron chi connectivity index (χ4n) is 7.01. The number of carbonyl (C=O) groups excluding carboxylic acids is 1. The summed E-state index contributed by atoms with van der Waals surface area (Å²) in [4.78, 5) is 30.0. The molecule has 4 rings (SSSR count). The van der Waals surface area contributed by atoms with E-state index >= 15 is 0 Å². The van der Waals surface area contributed by atoms with Crippen molar-refractivity contribution >= 4 is 26.0 Å². The highest BCUT2D eigenvalue weighted by molar-refractivity contribution is 6.78. The Labute approximate surface area is 233 Å². The largest absolute Gasteiger partial charge is 0.540 e. The minimum atomic E-state index is -2.42. The number of fused-ring (bicyclic) bond motifs is 2. The first-order chi connectivity index (χ1) is 18.5. The minimum Gasteiger partial charge on any atom is -0.540 e. The van der Waals surface area contributed by atoms with Crippen LogP contribution in [0, 0.1) is 0 Å². The summed E-state index contributed by atoms with van der Waals surface area (Å²) < 4.78 is 25.1. The minimum absolute atomic E-state index is 0.207. The van der Waals surface area contributed by atoms with Gasteiger partial charge in [-0.05, 0) is 61.2 Å². The number of hydrogen-bond donors (Lipinski definition) is 1. The van der Waals surface area contributed by atoms with Crippen LogP contribution in [0.4, 0.5) is 10.5 Å². The van der Waals surface area contributed by atoms with Crippen molar-refractivity contribution in [3.05, 3.63) is 17.7 Å². The molecular weight excluding hydrogens is 516 g/mol. The van der Waals surface area contributed by atoms with E-state index in [9.17, 15) is 14.7 Å². The molecule has 0 saturated carbocycles. The zero-order valence-electron chi connectivity index (χ0n) is 24.6. The third-order valence-electron chi connectivity index (χ3n) is 8.79. The Hall–Kier alpha value is -2.30. The Morgan fingerprint density at radius 1 is 1.00 bits per heavy atom. The third-order valence-corrected chi connectivity index (χ3v) is 14.8. The second-order valence-corrected chi connectivity index (χ2v) is 17.4. The van der Waals surface area contributed by atoms with Crippen molar-refractivity contribution in [1.29, 1.82) is 0 Å². The van der Waals surface area contributed by atoms with Crippen LogP contribution in [-0.4, -0.2) is 69.1 Å². The summed E-state index contributed by atoms with van der Waals surface area (Å²) in [6, 6.07) is 2.95. The number of piperidine rings is 1. The Bertz CT molecular complexity index is 1020. The monoisotopic (exact) mass is 562 g/mol. The molecule has 2 fully saturated rings. The van der Waals surface area contributed by atoms with Crippen LogP contribution in [0.15, 0.2) is 12.1 Å². The van der Waals surface area contributed by atoms with Gasteiger partial charge in [0.1, 0.15) is 5.75 Å². The summed E-state index contributed by atoms with van der Waals surface area (Å²) in [5.74, 6) is 0.710. The summed E-state index contributed by atoms with van der Waals surface area (Å²) in [5.41, 5.74) is 1.46. The van der Waals surface area contributed by atoms with Crippen molar-refractivity contribution in [3.63, 3.8) is 0 Å². The lowest BCUT2D eigenvalue weighted by atomic mass is 10.00. The Kier molecular flexibility index (Phi) is 9.18. The number of amides is 2. The average Bonchev–Trinajstić information content (AvgIpc) is 2.99. The first kappa shape index (κ1) is 29.7. The van der Waals surface area contributed by atoms with Crippen molar-refractivity contribution < 1.29 is 33.3 Å². The van der Waals surface area contributed by atoms with E-state index in [1.165, 1.54) is 4.90 Å². The molecule has 0 radical (unpaired) electrons. The standard InChI is InChI=1S/C29H46N2O7Si/c1-18(2)39(19(3)4,20(5)6)38-25-17-23-21(16-24(25)35-7)27(32)30-14-10-8-12-22(30)28(31(23)29(33)34)37-26-13-9-11-15-36-26/h16-20,22,26,28H,8-15H2,1-7H3,(H,33,34)/t22-,26?,28?/m0/s1. The van der Waals surface area contributed by atoms with Gasteiger partial charge >= 0.3 is 6.09 Å². The predicted molar refractivity (Wildman–Crippen MR) is 152 cm³/mol. The smallest absolute Gasteiger partial charge is 0.414 e. The van der Waals surface area contributed by atoms with Gasteiger partial charge in [0, 0.05) is 19.2 Å². The van der Waals surface area contributed by atoms with Gasteiger partial charge in [0.15, 0.2) is 18.3 Å². The molecule has 2 unspecified atom stereocenters. The summed E-state index contributed by atoms with van der Waals surface area (Å²) in [5, 5.41) is 10.6. The number of carboxylic acid groups (broad SMARTS) is 1. The fraction of sp³-hybridized carbons (Fsp3) is 0.724. The Morgan fingerprint density at radius 3 is 2.23 bits per heavy atom. The van der Waals surface area contributed by atoms with Gasteiger partial charge in [-0.25, -0.2) is 9.69 Å². The number of nitrogens with zero attached hydrogens (tertiary/aromatic N) is 2. The number of hydrogen-bond acceptors (Lipinski definition) is 6. The number of methoxy groups -OCH3 is 1. The van der Waals surface area contributed by atoms with Gasteiger partial charge in [0.25, 0.3) is 14.2 Å². The van der Waals surface area contributed by atoms with Gasteiger partial charge in [-0.15, -0.1) is 0 Å². The van der Waals surface area contributed by atoms with Crippen molar-refractivity contribution in [2.75, 3.05) is 25.2 Å². The van der Waals surface area contributed by atoms with Crippen molar-refractivity contribution in [1.82, 2.24) is 4.90 Å². The zero-order chi connectivity index (χ0) is 28.5. The van der Waals surface area contributed by atoms with Gasteiger partial charge in [-0.2, -0.15) is 0 Å². The zero-order valence-corrected chi connectivity index (χ0v) is 25.6. The lowest BCUT2D eigenvalue weighted by Crippen LogP contribution is -2.57. The van der Waals surface area contributed by atoms with Crippen molar-refractivity contribution in [3.8, 4) is 11.5 Å². The number of anilines is 1. The van der Waals surface area contributed by atoms with Crippen molar-refractivity contribution in [2.45, 2.75) is 115 Å². The molecule has 1 aromatic carbocycles. The molecule has 2 saturated heterocycles. The SMILES string of the molecule is COc1cc2c(cc1O[Si](C(C)C)(C(C)C)C(C)C)N(C(=O)O)C(OC1CCCCO1)[C@@H]1CCCCN1C2=O. The van der Waals surface area contributed by atoms with E-state index in [4.69, 9.17) is 18.6 Å². The lowest BCUT2D eigenvalue weighted by Gasteiger charge is -2.43. The molecule has 9 nitrogen and oxygen atoms in total. The maximum atomic E-state index is 14.0. The first-order valence-corrected chi connectivity index (χ1v) is 16.7. The molecule has 0 aliphatic carbocycles. The molecule has 10 heteroatoms. The van der Waals surface area contributed by atoms with Crippen LogP contribution in [-0.2, 0) is 9.47 Å². The van der Waals surface area contributed by atoms with Crippen LogP contribution in [0.25, 0.3) is 0 Å². The molecule has 3 heterocycles. The van der Waals surface area contributed by atoms with E-state index in [1.54, 1.807) is 24.1 Å². The Balaban J connectivity index is 1.88. The fourth-order valence-corrected chi connectivity index (χ4v) is 12.3. The number of benzene rings is 1. The number of rotatable bonds is 8. The molecule has 3 aliphatic heterocycles. The van der Waals surface area contributed by atoms with E-state index in [-0.39, 0.29) is 17.2 Å². The van der Waals surface area contributed by atoms with Crippen LogP contribution >= 0.6 is 0 Å². The van der Waals surface area contributed by atoms with Crippen LogP contribution in [0.1, 0.15) is 90.4 Å². The molecular formula is C29H46N2O7Si. The molecule has 3 atom stereocenters. The van der Waals surface area contributed by atoms with Crippen molar-refractivity contribution in [2.24, 2.45) is 0 Å². The van der Waals surface area contributed by atoms with E-state index in [2.05, 4.69) is 41.5 Å². The van der Waals surface area contributed by atoms with Gasteiger partial charge in [0.05, 0.1) is 24.4 Å². The highest BCUT2D eigenvalue weighted by atomic mass is 28.4. The van der Waals surface area contributed by atoms with E-state index in [1.807, 2.05) is 0 Å². The molecule has 39 heavy (non-hydrogen) atoms. The first-order valence-electron chi connectivity index (χ1n) is 14.5. The molecule has 0 bridgehead atoms. The second-order valence-electron chi connectivity index (χ2n) is 12.0. The van der Waals surface area contributed by atoms with Crippen LogP contribution in [0.3, 0.4) is 0 Å². The van der Waals surface area contributed by atoms with Crippen LogP contribution in [0.2, 0.25) is 16.6 Å². The third kappa shape index (κ3) is 5.52. The van der Waals surface area contributed by atoms with E-state index in [0.717, 1.165) is 25.7 Å². The number of carbonyl (C=O) groups is 2. The molecule has 1 aromatic rings. The van der Waals surface area contributed by atoms with Gasteiger partial charge in [-0.1, -0.05) is 41.5 Å². The summed E-state index contributed by atoms with van der Waals surface area (Å²) in [6.07, 6.45) is 2.45. The van der Waals surface area contributed by atoms with Gasteiger partial charge < -0.3 is 28.6 Å². The van der Waals surface area contributed by atoms with Gasteiger partial charge in [0.2, 0.25) is 0 Å². The lowest BCUT2D eigenvalue weighted by molar-refractivity contribution is -0.198. The average molecular weight is 563 g/mol. The van der Waals surface area contributed by atoms with Crippen LogP contribution < -0.4 is 14.1 Å². The maximum absolute atomic E-state index is 14.0. The summed E-state index contributed by atoms with van der Waals surface area (Å²) in [6.45, 7) is 14.3. The van der Waals surface area contributed by atoms with E-state index in [0.29, 0.717) is 54.1 Å². The second kappa shape index (κ2) is 12.1. The molecule has 2 amide bonds. The highest BCUT2D eigenvalue weighted by Crippen LogP contribution is 2.47. The normalized spacial score (nSPS) is 24.1. The topological polar surface area (TPSA) is 97.8 Å². The van der Waals surface area contributed by atoms with Gasteiger partial charge in [-0.3, -0.25) is 4.79 Å². The maximum Gasteiger partial charge on any atom is 0.414 e. The van der Waals surface area contributed by atoms with E-state index < -0.39 is 33.0 Å². The molecule has 0 spiro atoms. The van der Waals surface area contributed by atoms with Crippen LogP contribution in [0.5, 0.6) is 11.5 Å². The quantitative estimate of drug-likeness (QED) is 0.356. The molecule has 3 aliphatic rings. The molecule has 1 N–H and O–H groups in total. The molecule has 0 aromatic heterocycles. The predicted octanol–water partition coefficient (Wildman–Crippen LogP) is 6.61. The summed E-state index contributed by atoms with van der Waals surface area (Å²) >= 11 is 0. The Morgan fingerprint density at radius 2 is 1.67 bits per heavy atom. The summed E-state index contributed by atoms with van der Waals surface area (Å²) in [7, 11) is -0.856. The number of ether oxygens (including phenoxy) is 3. The molecule has 218 valence electrons. The highest BCUT2D eigenvalue weighted by Gasteiger charge is 2.49.